The summed E-state index contributed by atoms with van der Waals surface area (Å²) in [6, 6.07) is 11.2. The number of hydrogen-bond donors (Lipinski definition) is 2. The van der Waals surface area contributed by atoms with E-state index in [0.717, 1.165) is 60.4 Å². The number of aromatic nitrogens is 3. The van der Waals surface area contributed by atoms with Gasteiger partial charge in [0.05, 0.1) is 23.2 Å². The summed E-state index contributed by atoms with van der Waals surface area (Å²) in [5.74, 6) is -0.286. The first-order valence-corrected chi connectivity index (χ1v) is 11.1. The Morgan fingerprint density at radius 1 is 1.03 bits per heavy atom. The molecular weight excluding hydrogens is 401 g/mol. The minimum Gasteiger partial charge on any atom is -0.333 e. The van der Waals surface area contributed by atoms with Crippen LogP contribution in [-0.2, 0) is 13.6 Å². The fourth-order valence-corrected chi connectivity index (χ4v) is 4.41. The maximum Gasteiger partial charge on any atom is 0.125 e. The summed E-state index contributed by atoms with van der Waals surface area (Å²) in [7, 11) is 1.99. The standard InChI is InChI=1S/C26H30FN5/c1-17-12-19(15-29-10-5-4-9-28)13-18(2)24(17)25-26(32(3)16-31-25)22-8-11-30-23-14-20(27)6-7-21(22)23/h6-8,11-14,16,29H,4-5,9-10,15,28H2,1-3H3. The van der Waals surface area contributed by atoms with Crippen LogP contribution in [0.4, 0.5) is 4.39 Å². The largest absolute Gasteiger partial charge is 0.333 e. The Labute approximate surface area is 188 Å². The van der Waals surface area contributed by atoms with Crippen molar-refractivity contribution in [3.63, 3.8) is 0 Å². The molecule has 0 aliphatic heterocycles. The van der Waals surface area contributed by atoms with Gasteiger partial charge in [-0.25, -0.2) is 9.37 Å². The molecule has 3 N–H and O–H groups in total. The number of benzene rings is 2. The van der Waals surface area contributed by atoms with Crippen LogP contribution in [0.1, 0.15) is 29.5 Å². The van der Waals surface area contributed by atoms with Crippen molar-refractivity contribution in [3.05, 3.63) is 71.4 Å². The number of unbranched alkanes of at least 4 members (excludes halogenated alkanes) is 1. The van der Waals surface area contributed by atoms with Gasteiger partial charge in [-0.2, -0.15) is 0 Å². The molecular formula is C26H30FN5. The average molecular weight is 432 g/mol. The van der Waals surface area contributed by atoms with E-state index in [2.05, 4.69) is 36.3 Å². The fraction of sp³-hybridized carbons (Fsp3) is 0.308. The number of nitrogens with zero attached hydrogens (tertiary/aromatic N) is 3. The molecule has 166 valence electrons. The molecule has 2 aromatic heterocycles. The van der Waals surface area contributed by atoms with Gasteiger partial charge in [-0.15, -0.1) is 0 Å². The van der Waals surface area contributed by atoms with Gasteiger partial charge in [-0.3, -0.25) is 4.98 Å². The Morgan fingerprint density at radius 2 is 1.81 bits per heavy atom. The van der Waals surface area contributed by atoms with Crippen LogP contribution < -0.4 is 11.1 Å². The zero-order chi connectivity index (χ0) is 22.7. The Bertz CT molecular complexity index is 1220. The van der Waals surface area contributed by atoms with Crippen molar-refractivity contribution in [1.29, 1.82) is 0 Å². The van der Waals surface area contributed by atoms with Crippen molar-refractivity contribution < 1.29 is 4.39 Å². The first-order valence-electron chi connectivity index (χ1n) is 11.1. The summed E-state index contributed by atoms with van der Waals surface area (Å²) in [5, 5.41) is 4.41. The number of imidazole rings is 1. The van der Waals surface area contributed by atoms with E-state index >= 15 is 0 Å². The van der Waals surface area contributed by atoms with Crippen LogP contribution in [0, 0.1) is 19.7 Å². The molecule has 0 fully saturated rings. The SMILES string of the molecule is Cc1cc(CNCCCCN)cc(C)c1-c1ncn(C)c1-c1ccnc2cc(F)ccc12. The normalized spacial score (nSPS) is 11.4. The second-order valence-corrected chi connectivity index (χ2v) is 8.35. The van der Waals surface area contributed by atoms with E-state index in [1.165, 1.54) is 28.8 Å². The molecule has 0 atom stereocenters. The molecule has 0 saturated carbocycles. The lowest BCUT2D eigenvalue weighted by Crippen LogP contribution is -2.16. The number of nitrogens with two attached hydrogens (primary N) is 1. The number of pyridine rings is 1. The Hall–Kier alpha value is -3.09. The highest BCUT2D eigenvalue weighted by Gasteiger charge is 2.19. The Kier molecular flexibility index (Phi) is 6.63. The topological polar surface area (TPSA) is 68.8 Å². The molecule has 4 rings (SSSR count). The molecule has 4 aromatic rings. The lowest BCUT2D eigenvalue weighted by atomic mass is 9.93. The molecule has 6 heteroatoms. The minimum absolute atomic E-state index is 0.286. The predicted molar refractivity (Wildman–Crippen MR) is 129 cm³/mol. The molecule has 2 heterocycles. The quantitative estimate of drug-likeness (QED) is 0.390. The van der Waals surface area contributed by atoms with E-state index in [4.69, 9.17) is 10.7 Å². The Morgan fingerprint density at radius 3 is 2.56 bits per heavy atom. The summed E-state index contributed by atoms with van der Waals surface area (Å²) >= 11 is 0. The number of nitrogens with one attached hydrogen (secondary N) is 1. The van der Waals surface area contributed by atoms with Crippen LogP contribution in [0.5, 0.6) is 0 Å². The summed E-state index contributed by atoms with van der Waals surface area (Å²) in [4.78, 5) is 9.13. The number of rotatable bonds is 8. The maximum absolute atomic E-state index is 13.8. The van der Waals surface area contributed by atoms with E-state index in [0.29, 0.717) is 5.52 Å². The van der Waals surface area contributed by atoms with Gasteiger partial charge in [0, 0.05) is 42.4 Å². The zero-order valence-electron chi connectivity index (χ0n) is 19.0. The molecule has 0 unspecified atom stereocenters. The van der Waals surface area contributed by atoms with E-state index in [-0.39, 0.29) is 5.82 Å². The molecule has 0 bridgehead atoms. The highest BCUT2D eigenvalue weighted by molar-refractivity contribution is 5.97. The van der Waals surface area contributed by atoms with E-state index in [1.54, 1.807) is 12.3 Å². The van der Waals surface area contributed by atoms with Gasteiger partial charge in [0.1, 0.15) is 5.82 Å². The second kappa shape index (κ2) is 9.59. The third-order valence-electron chi connectivity index (χ3n) is 5.86. The van der Waals surface area contributed by atoms with E-state index < -0.39 is 0 Å². The number of hydrogen-bond acceptors (Lipinski definition) is 4. The van der Waals surface area contributed by atoms with Gasteiger partial charge in [0.25, 0.3) is 0 Å². The van der Waals surface area contributed by atoms with Crippen molar-refractivity contribution in [2.75, 3.05) is 13.1 Å². The van der Waals surface area contributed by atoms with Crippen molar-refractivity contribution in [2.24, 2.45) is 12.8 Å². The molecule has 0 saturated heterocycles. The lowest BCUT2D eigenvalue weighted by Gasteiger charge is -2.15. The summed E-state index contributed by atoms with van der Waals surface area (Å²) < 4.78 is 15.8. The zero-order valence-corrected chi connectivity index (χ0v) is 19.0. The average Bonchev–Trinajstić information content (AvgIpc) is 3.13. The molecule has 0 spiro atoms. The molecule has 0 amide bonds. The molecule has 2 aromatic carbocycles. The fourth-order valence-electron chi connectivity index (χ4n) is 4.41. The van der Waals surface area contributed by atoms with Gasteiger partial charge >= 0.3 is 0 Å². The highest BCUT2D eigenvalue weighted by Crippen LogP contribution is 2.37. The summed E-state index contributed by atoms with van der Waals surface area (Å²) in [6.45, 7) is 6.82. The predicted octanol–water partition coefficient (Wildman–Crippen LogP) is 4.89. The van der Waals surface area contributed by atoms with Crippen molar-refractivity contribution in [2.45, 2.75) is 33.2 Å². The number of fused-ring (bicyclic) bond motifs is 1. The van der Waals surface area contributed by atoms with Gasteiger partial charge < -0.3 is 15.6 Å². The highest BCUT2D eigenvalue weighted by atomic mass is 19.1. The van der Waals surface area contributed by atoms with Gasteiger partial charge in [-0.05, 0) is 74.7 Å². The molecule has 32 heavy (non-hydrogen) atoms. The van der Waals surface area contributed by atoms with E-state index in [9.17, 15) is 4.39 Å². The van der Waals surface area contributed by atoms with Crippen LogP contribution >= 0.6 is 0 Å². The lowest BCUT2D eigenvalue weighted by molar-refractivity contribution is 0.627. The summed E-state index contributed by atoms with van der Waals surface area (Å²) in [5.41, 5.74) is 13.9. The van der Waals surface area contributed by atoms with Gasteiger partial charge in [-0.1, -0.05) is 12.1 Å². The van der Waals surface area contributed by atoms with E-state index in [1.807, 2.05) is 24.0 Å². The van der Waals surface area contributed by atoms with Gasteiger partial charge in [0.15, 0.2) is 0 Å². The molecule has 0 aliphatic rings. The first kappa shape index (κ1) is 22.1. The molecule has 5 nitrogen and oxygen atoms in total. The van der Waals surface area contributed by atoms with Gasteiger partial charge in [0.2, 0.25) is 0 Å². The van der Waals surface area contributed by atoms with Crippen molar-refractivity contribution in [1.82, 2.24) is 19.9 Å². The smallest absolute Gasteiger partial charge is 0.125 e. The molecule has 0 aliphatic carbocycles. The van der Waals surface area contributed by atoms with Crippen LogP contribution in [0.3, 0.4) is 0 Å². The number of halogens is 1. The molecule has 0 radical (unpaired) electrons. The first-order chi connectivity index (χ1) is 15.5. The van der Waals surface area contributed by atoms with Crippen LogP contribution in [-0.4, -0.2) is 27.6 Å². The number of aryl methyl sites for hydroxylation is 3. The monoisotopic (exact) mass is 431 g/mol. The minimum atomic E-state index is -0.286. The van der Waals surface area contributed by atoms with Crippen molar-refractivity contribution in [3.8, 4) is 22.5 Å². The third-order valence-corrected chi connectivity index (χ3v) is 5.86. The second-order valence-electron chi connectivity index (χ2n) is 8.35. The van der Waals surface area contributed by atoms with Crippen molar-refractivity contribution >= 4 is 10.9 Å². The van der Waals surface area contributed by atoms with Crippen LogP contribution in [0.25, 0.3) is 33.4 Å². The Balaban J connectivity index is 1.73. The van der Waals surface area contributed by atoms with Crippen LogP contribution in [0.15, 0.2) is 48.9 Å². The third kappa shape index (κ3) is 4.42. The summed E-state index contributed by atoms with van der Waals surface area (Å²) in [6.07, 6.45) is 5.70. The van der Waals surface area contributed by atoms with Crippen LogP contribution in [0.2, 0.25) is 0 Å². The maximum atomic E-state index is 13.8.